The van der Waals surface area contributed by atoms with Crippen molar-refractivity contribution < 1.29 is 27.8 Å². The van der Waals surface area contributed by atoms with Gasteiger partial charge in [0.1, 0.15) is 6.04 Å². The van der Waals surface area contributed by atoms with E-state index < -0.39 is 28.3 Å². The van der Waals surface area contributed by atoms with Crippen LogP contribution < -0.4 is 10.0 Å². The summed E-state index contributed by atoms with van der Waals surface area (Å²) in [6.07, 6.45) is -1.10. The number of carbonyl (C=O) groups is 1. The summed E-state index contributed by atoms with van der Waals surface area (Å²) in [5.41, 5.74) is 4.74. The summed E-state index contributed by atoms with van der Waals surface area (Å²) in [7, 11) is -2.20. The molecule has 1 aliphatic heterocycles. The van der Waals surface area contributed by atoms with Crippen molar-refractivity contribution in [2.24, 2.45) is 13.0 Å². The number of hydrogen-bond donors (Lipinski definition) is 3. The second-order valence-electron chi connectivity index (χ2n) is 12.5. The summed E-state index contributed by atoms with van der Waals surface area (Å²) in [6, 6.07) is 29.5. The van der Waals surface area contributed by atoms with Crippen LogP contribution in [-0.2, 0) is 44.4 Å². The molecule has 2 heterocycles. The number of aliphatic hydroxyl groups excluding tert-OH is 1. The highest BCUT2D eigenvalue weighted by Crippen LogP contribution is 2.43. The van der Waals surface area contributed by atoms with E-state index in [1.807, 2.05) is 73.7 Å². The number of aliphatic hydroxyl groups is 1. The van der Waals surface area contributed by atoms with Crippen molar-refractivity contribution in [3.63, 3.8) is 0 Å². The second kappa shape index (κ2) is 16.3. The molecular formula is C37H40N6O6S2. The maximum atomic E-state index is 13.7. The first-order valence-corrected chi connectivity index (χ1v) is 19.0. The SMILES string of the molecule is Cc1ccc(S(=O)(=O)N[C@H](Cc2ccccc2)C(=O)Nc2ccc([C@@H]3O[C@H](CSc4nnnn4C)[C@H](C)[C@H](c4ccc(CO)cc4)O3)cc2)cc1. The van der Waals surface area contributed by atoms with Crippen LogP contribution in [0.15, 0.2) is 113 Å². The molecule has 4 aromatic carbocycles. The predicted molar refractivity (Wildman–Crippen MR) is 193 cm³/mol. The van der Waals surface area contributed by atoms with Crippen LogP contribution >= 0.6 is 11.8 Å². The van der Waals surface area contributed by atoms with Gasteiger partial charge in [0.25, 0.3) is 0 Å². The zero-order chi connectivity index (χ0) is 36.0. The third-order valence-corrected chi connectivity index (χ3v) is 11.3. The van der Waals surface area contributed by atoms with E-state index in [-0.39, 0.29) is 36.0 Å². The highest BCUT2D eigenvalue weighted by molar-refractivity contribution is 7.99. The molecule has 266 valence electrons. The van der Waals surface area contributed by atoms with Crippen molar-refractivity contribution in [3.8, 4) is 0 Å². The van der Waals surface area contributed by atoms with E-state index in [9.17, 15) is 18.3 Å². The van der Waals surface area contributed by atoms with Gasteiger partial charge in [-0.3, -0.25) is 4.79 Å². The Balaban J connectivity index is 1.19. The van der Waals surface area contributed by atoms with Gasteiger partial charge in [0.05, 0.1) is 23.7 Å². The van der Waals surface area contributed by atoms with E-state index in [1.165, 1.54) is 23.9 Å². The Kier molecular flexibility index (Phi) is 11.6. The number of anilines is 1. The van der Waals surface area contributed by atoms with Crippen molar-refractivity contribution in [3.05, 3.63) is 131 Å². The number of sulfonamides is 1. The number of aromatic nitrogens is 4. The molecule has 0 saturated carbocycles. The van der Waals surface area contributed by atoms with E-state index >= 15 is 0 Å². The Labute approximate surface area is 301 Å². The van der Waals surface area contributed by atoms with E-state index in [0.29, 0.717) is 16.6 Å². The molecule has 6 rings (SSSR count). The maximum Gasteiger partial charge on any atom is 0.242 e. The summed E-state index contributed by atoms with van der Waals surface area (Å²) < 4.78 is 44.0. The first-order chi connectivity index (χ1) is 24.6. The van der Waals surface area contributed by atoms with Gasteiger partial charge in [-0.15, -0.1) is 5.10 Å². The lowest BCUT2D eigenvalue weighted by Gasteiger charge is -2.41. The zero-order valence-corrected chi connectivity index (χ0v) is 30.0. The lowest BCUT2D eigenvalue weighted by molar-refractivity contribution is -0.268. The average Bonchev–Trinajstić information content (AvgIpc) is 3.56. The fourth-order valence-electron chi connectivity index (χ4n) is 5.77. The van der Waals surface area contributed by atoms with Crippen LogP contribution in [0.5, 0.6) is 0 Å². The zero-order valence-electron chi connectivity index (χ0n) is 28.4. The normalized spacial score (nSPS) is 19.8. The van der Waals surface area contributed by atoms with Gasteiger partial charge in [-0.2, -0.15) is 4.72 Å². The summed E-state index contributed by atoms with van der Waals surface area (Å²) >= 11 is 1.50. The number of amides is 1. The standard InChI is InChI=1S/C37H40N6O6S2/c1-24-9-19-31(20-10-24)51(46,47)40-32(21-26-7-5-4-6-8-26)35(45)38-30-17-15-29(16-18-30)36-48-33(23-50-37-39-41-42-43(37)3)25(2)34(49-36)28-13-11-27(22-44)12-14-28/h4-20,25,32-34,36,40,44H,21-23H2,1-3H3,(H,38,45)/t25-,32+,33+,34+,36+/m0/s1. The number of aryl methyl sites for hydroxylation is 2. The Morgan fingerprint density at radius 3 is 2.25 bits per heavy atom. The molecule has 5 aromatic rings. The summed E-state index contributed by atoms with van der Waals surface area (Å²) in [5, 5.41) is 24.9. The molecule has 0 bridgehead atoms. The van der Waals surface area contributed by atoms with Gasteiger partial charge in [-0.1, -0.05) is 103 Å². The third kappa shape index (κ3) is 9.08. The third-order valence-electron chi connectivity index (χ3n) is 8.76. The minimum absolute atomic E-state index is 0.0290. The molecule has 1 fully saturated rings. The number of benzene rings is 4. The molecule has 0 aliphatic carbocycles. The smallest absolute Gasteiger partial charge is 0.242 e. The van der Waals surface area contributed by atoms with Crippen LogP contribution in [0, 0.1) is 12.8 Å². The van der Waals surface area contributed by atoms with Gasteiger partial charge in [0.15, 0.2) is 6.29 Å². The number of rotatable bonds is 13. The summed E-state index contributed by atoms with van der Waals surface area (Å²) in [4.78, 5) is 13.7. The fourth-order valence-corrected chi connectivity index (χ4v) is 7.98. The maximum absolute atomic E-state index is 13.7. The first-order valence-electron chi connectivity index (χ1n) is 16.5. The molecule has 1 aliphatic rings. The van der Waals surface area contributed by atoms with E-state index in [1.54, 1.807) is 36.0 Å². The van der Waals surface area contributed by atoms with Gasteiger partial charge >= 0.3 is 0 Å². The van der Waals surface area contributed by atoms with Gasteiger partial charge in [0.2, 0.25) is 21.1 Å². The van der Waals surface area contributed by atoms with E-state index in [2.05, 4.69) is 32.5 Å². The van der Waals surface area contributed by atoms with E-state index in [4.69, 9.17) is 9.47 Å². The van der Waals surface area contributed by atoms with Crippen molar-refractivity contribution in [1.29, 1.82) is 0 Å². The van der Waals surface area contributed by atoms with Gasteiger partial charge < -0.3 is 19.9 Å². The van der Waals surface area contributed by atoms with Crippen molar-refractivity contribution in [2.45, 2.75) is 61.5 Å². The summed E-state index contributed by atoms with van der Waals surface area (Å²) in [5.74, 6) is 0.0531. The lowest BCUT2D eigenvalue weighted by atomic mass is 9.91. The number of hydrogen-bond acceptors (Lipinski definition) is 10. The van der Waals surface area contributed by atoms with Gasteiger partial charge in [-0.25, -0.2) is 13.1 Å². The molecule has 1 saturated heterocycles. The molecule has 51 heavy (non-hydrogen) atoms. The number of nitrogens with one attached hydrogen (secondary N) is 2. The largest absolute Gasteiger partial charge is 0.392 e. The second-order valence-corrected chi connectivity index (χ2v) is 15.2. The Bertz CT molecular complexity index is 2010. The topological polar surface area (TPSA) is 158 Å². The molecule has 1 aromatic heterocycles. The Morgan fingerprint density at radius 2 is 1.61 bits per heavy atom. The number of thioether (sulfide) groups is 1. The molecule has 0 unspecified atom stereocenters. The molecule has 0 radical (unpaired) electrons. The summed E-state index contributed by atoms with van der Waals surface area (Å²) in [6.45, 7) is 3.91. The fraction of sp³-hybridized carbons (Fsp3) is 0.297. The van der Waals surface area contributed by atoms with Crippen LogP contribution in [0.3, 0.4) is 0 Å². The molecular weight excluding hydrogens is 689 g/mol. The van der Waals surface area contributed by atoms with E-state index in [0.717, 1.165) is 27.8 Å². The molecule has 0 spiro atoms. The van der Waals surface area contributed by atoms with Crippen LogP contribution in [-0.4, -0.2) is 57.5 Å². The van der Waals surface area contributed by atoms with Crippen LogP contribution in [0.4, 0.5) is 5.69 Å². The number of nitrogens with zero attached hydrogens (tertiary/aromatic N) is 4. The van der Waals surface area contributed by atoms with Crippen LogP contribution in [0.2, 0.25) is 0 Å². The Hall–Kier alpha value is -4.44. The quantitative estimate of drug-likeness (QED) is 0.139. The molecule has 12 nitrogen and oxygen atoms in total. The predicted octanol–water partition coefficient (Wildman–Crippen LogP) is 5.12. The number of ether oxygens (including phenoxy) is 2. The van der Waals surface area contributed by atoms with Crippen LogP contribution in [0.1, 0.15) is 47.1 Å². The minimum atomic E-state index is -3.99. The molecule has 14 heteroatoms. The lowest BCUT2D eigenvalue weighted by Crippen LogP contribution is -2.45. The number of carbonyl (C=O) groups excluding carboxylic acids is 1. The number of tetrazole rings is 1. The van der Waals surface area contributed by atoms with Crippen molar-refractivity contribution >= 4 is 33.4 Å². The average molecular weight is 729 g/mol. The van der Waals surface area contributed by atoms with Gasteiger partial charge in [-0.05, 0) is 64.7 Å². The monoisotopic (exact) mass is 728 g/mol. The van der Waals surface area contributed by atoms with Crippen molar-refractivity contribution in [2.75, 3.05) is 11.1 Å². The first kappa shape index (κ1) is 36.4. The highest BCUT2D eigenvalue weighted by Gasteiger charge is 2.38. The molecule has 5 atom stereocenters. The van der Waals surface area contributed by atoms with Crippen molar-refractivity contribution in [1.82, 2.24) is 24.9 Å². The highest BCUT2D eigenvalue weighted by atomic mass is 32.2. The Morgan fingerprint density at radius 1 is 0.922 bits per heavy atom. The molecule has 3 N–H and O–H groups in total. The van der Waals surface area contributed by atoms with Gasteiger partial charge in [0, 0.05) is 30.0 Å². The van der Waals surface area contributed by atoms with Crippen LogP contribution in [0.25, 0.3) is 0 Å². The molecule has 1 amide bonds. The minimum Gasteiger partial charge on any atom is -0.392 e.